The maximum Gasteiger partial charge on any atom is 0.222 e. The molecular weight excluding hydrogens is 236 g/mol. The van der Waals surface area contributed by atoms with Gasteiger partial charge in [0.1, 0.15) is 5.02 Å². The third kappa shape index (κ3) is 2.32. The fraction of sp³-hybridized carbons (Fsp3) is 0.667. The van der Waals surface area contributed by atoms with Crippen molar-refractivity contribution >= 4 is 23.4 Å². The van der Waals surface area contributed by atoms with E-state index in [1.54, 1.807) is 6.20 Å². The lowest BCUT2D eigenvalue weighted by molar-refractivity contribution is 0.301. The molecule has 17 heavy (non-hydrogen) atoms. The van der Waals surface area contributed by atoms with Gasteiger partial charge in [0.05, 0.1) is 6.20 Å². The Morgan fingerprint density at radius 2 is 2.18 bits per heavy atom. The van der Waals surface area contributed by atoms with Crippen LogP contribution in [0.15, 0.2) is 6.20 Å². The van der Waals surface area contributed by atoms with Gasteiger partial charge in [-0.15, -0.1) is 0 Å². The number of hydrogen-bond acceptors (Lipinski definition) is 4. The SMILES string of the molecule is CCC1(CC)CCN(c2nc(N)ncc2Cl)C1. The van der Waals surface area contributed by atoms with E-state index >= 15 is 0 Å². The third-order valence-electron chi connectivity index (χ3n) is 3.98. The minimum absolute atomic E-state index is 0.287. The van der Waals surface area contributed by atoms with Crippen molar-refractivity contribution in [3.63, 3.8) is 0 Å². The van der Waals surface area contributed by atoms with Crippen LogP contribution in [0.1, 0.15) is 33.1 Å². The van der Waals surface area contributed by atoms with Crippen molar-refractivity contribution in [3.05, 3.63) is 11.2 Å². The van der Waals surface area contributed by atoms with Gasteiger partial charge in [-0.1, -0.05) is 25.4 Å². The lowest BCUT2D eigenvalue weighted by Gasteiger charge is -2.27. The first-order chi connectivity index (χ1) is 8.10. The van der Waals surface area contributed by atoms with Gasteiger partial charge in [-0.05, 0) is 24.7 Å². The number of nitrogens with two attached hydrogens (primary N) is 1. The molecule has 1 aliphatic heterocycles. The predicted octanol–water partition coefficient (Wildman–Crippen LogP) is 2.73. The number of anilines is 2. The fourth-order valence-electron chi connectivity index (χ4n) is 2.54. The summed E-state index contributed by atoms with van der Waals surface area (Å²) < 4.78 is 0. The Balaban J connectivity index is 2.23. The van der Waals surface area contributed by atoms with Gasteiger partial charge in [0.2, 0.25) is 5.95 Å². The van der Waals surface area contributed by atoms with Crippen molar-refractivity contribution in [3.8, 4) is 0 Å². The van der Waals surface area contributed by atoms with Gasteiger partial charge in [0.25, 0.3) is 0 Å². The molecule has 0 amide bonds. The van der Waals surface area contributed by atoms with E-state index in [-0.39, 0.29) is 5.95 Å². The zero-order valence-corrected chi connectivity index (χ0v) is 11.2. The van der Waals surface area contributed by atoms with Crippen LogP contribution in [0.2, 0.25) is 5.02 Å². The number of nitrogens with zero attached hydrogens (tertiary/aromatic N) is 3. The van der Waals surface area contributed by atoms with Gasteiger partial charge in [-0.2, -0.15) is 4.98 Å². The third-order valence-corrected chi connectivity index (χ3v) is 4.25. The summed E-state index contributed by atoms with van der Waals surface area (Å²) in [6, 6.07) is 0. The summed E-state index contributed by atoms with van der Waals surface area (Å²) in [7, 11) is 0. The molecule has 0 bridgehead atoms. The zero-order valence-electron chi connectivity index (χ0n) is 10.4. The number of rotatable bonds is 3. The van der Waals surface area contributed by atoms with E-state index in [2.05, 4.69) is 28.7 Å². The molecule has 94 valence electrons. The van der Waals surface area contributed by atoms with Crippen molar-refractivity contribution in [1.29, 1.82) is 0 Å². The largest absolute Gasteiger partial charge is 0.368 e. The van der Waals surface area contributed by atoms with Crippen LogP contribution < -0.4 is 10.6 Å². The average Bonchev–Trinajstić information content (AvgIpc) is 2.77. The first kappa shape index (κ1) is 12.4. The molecule has 2 rings (SSSR count). The van der Waals surface area contributed by atoms with E-state index < -0.39 is 0 Å². The van der Waals surface area contributed by atoms with Crippen LogP contribution in [0.25, 0.3) is 0 Å². The van der Waals surface area contributed by atoms with Gasteiger partial charge >= 0.3 is 0 Å². The van der Waals surface area contributed by atoms with Gasteiger partial charge in [-0.3, -0.25) is 0 Å². The minimum Gasteiger partial charge on any atom is -0.368 e. The summed E-state index contributed by atoms with van der Waals surface area (Å²) in [6.45, 7) is 6.51. The molecule has 1 aromatic rings. The highest BCUT2D eigenvalue weighted by atomic mass is 35.5. The van der Waals surface area contributed by atoms with E-state index in [0.717, 1.165) is 18.9 Å². The molecule has 0 aliphatic carbocycles. The van der Waals surface area contributed by atoms with Crippen LogP contribution in [0.4, 0.5) is 11.8 Å². The van der Waals surface area contributed by atoms with Crippen LogP contribution in [0.5, 0.6) is 0 Å². The van der Waals surface area contributed by atoms with E-state index in [1.165, 1.54) is 19.3 Å². The normalized spacial score (nSPS) is 18.6. The second-order valence-corrected chi connectivity index (χ2v) is 5.19. The molecule has 0 saturated carbocycles. The molecule has 1 aromatic heterocycles. The van der Waals surface area contributed by atoms with Gasteiger partial charge in [0.15, 0.2) is 5.82 Å². The summed E-state index contributed by atoms with van der Waals surface area (Å²) in [6.07, 6.45) is 5.16. The topological polar surface area (TPSA) is 55.0 Å². The van der Waals surface area contributed by atoms with Crippen LogP contribution in [-0.4, -0.2) is 23.1 Å². The van der Waals surface area contributed by atoms with Crippen molar-refractivity contribution in [2.24, 2.45) is 5.41 Å². The highest BCUT2D eigenvalue weighted by Gasteiger charge is 2.36. The molecule has 0 unspecified atom stereocenters. The number of nitrogen functional groups attached to an aromatic ring is 1. The first-order valence-electron chi connectivity index (χ1n) is 6.13. The van der Waals surface area contributed by atoms with Crippen molar-refractivity contribution in [2.75, 3.05) is 23.7 Å². The smallest absolute Gasteiger partial charge is 0.222 e. The standard InChI is InChI=1S/C12H19ClN4/c1-3-12(4-2)5-6-17(8-12)10-9(13)7-15-11(14)16-10/h7H,3-6,8H2,1-2H3,(H2,14,15,16). The number of aromatic nitrogens is 2. The van der Waals surface area contributed by atoms with E-state index in [4.69, 9.17) is 17.3 Å². The second-order valence-electron chi connectivity index (χ2n) is 4.78. The Labute approximate surface area is 107 Å². The highest BCUT2D eigenvalue weighted by Crippen LogP contribution is 2.40. The molecule has 0 aromatic carbocycles. The molecule has 1 fully saturated rings. The molecule has 1 aliphatic rings. The van der Waals surface area contributed by atoms with Crippen molar-refractivity contribution < 1.29 is 0 Å². The van der Waals surface area contributed by atoms with Crippen LogP contribution in [0.3, 0.4) is 0 Å². The summed E-state index contributed by atoms with van der Waals surface area (Å²) in [5, 5.41) is 0.585. The Morgan fingerprint density at radius 3 is 2.76 bits per heavy atom. The highest BCUT2D eigenvalue weighted by molar-refractivity contribution is 6.32. The van der Waals surface area contributed by atoms with Crippen LogP contribution >= 0.6 is 11.6 Å². The van der Waals surface area contributed by atoms with E-state index in [1.807, 2.05) is 0 Å². The molecular formula is C12H19ClN4. The number of hydrogen-bond donors (Lipinski definition) is 1. The molecule has 0 atom stereocenters. The second kappa shape index (κ2) is 4.69. The first-order valence-corrected chi connectivity index (χ1v) is 6.51. The van der Waals surface area contributed by atoms with Crippen molar-refractivity contribution in [2.45, 2.75) is 33.1 Å². The summed E-state index contributed by atoms with van der Waals surface area (Å²) in [5.74, 6) is 1.07. The minimum atomic E-state index is 0.287. The van der Waals surface area contributed by atoms with Crippen LogP contribution in [-0.2, 0) is 0 Å². The van der Waals surface area contributed by atoms with Gasteiger partial charge in [-0.25, -0.2) is 4.98 Å². The maximum atomic E-state index is 6.13. The van der Waals surface area contributed by atoms with Crippen LogP contribution in [0, 0.1) is 5.41 Å². The lowest BCUT2D eigenvalue weighted by atomic mass is 9.82. The quantitative estimate of drug-likeness (QED) is 0.901. The Morgan fingerprint density at radius 1 is 1.47 bits per heavy atom. The lowest BCUT2D eigenvalue weighted by Crippen LogP contribution is -2.27. The zero-order chi connectivity index (χ0) is 12.5. The molecule has 2 heterocycles. The molecule has 4 nitrogen and oxygen atoms in total. The Hall–Kier alpha value is -1.03. The van der Waals surface area contributed by atoms with E-state index in [9.17, 15) is 0 Å². The summed E-state index contributed by atoms with van der Waals surface area (Å²) in [4.78, 5) is 10.4. The van der Waals surface area contributed by atoms with Gasteiger partial charge < -0.3 is 10.6 Å². The predicted molar refractivity (Wildman–Crippen MR) is 71.3 cm³/mol. The molecule has 5 heteroatoms. The Kier molecular flexibility index (Phi) is 3.43. The number of halogens is 1. The summed E-state index contributed by atoms with van der Waals surface area (Å²) >= 11 is 6.13. The summed E-state index contributed by atoms with van der Waals surface area (Å²) in [5.41, 5.74) is 6.03. The Bertz CT molecular complexity index is 403. The molecule has 1 saturated heterocycles. The monoisotopic (exact) mass is 254 g/mol. The van der Waals surface area contributed by atoms with E-state index in [0.29, 0.717) is 10.4 Å². The van der Waals surface area contributed by atoms with Gasteiger partial charge in [0, 0.05) is 13.1 Å². The maximum absolute atomic E-state index is 6.13. The molecule has 2 N–H and O–H groups in total. The van der Waals surface area contributed by atoms with Crippen molar-refractivity contribution in [1.82, 2.24) is 9.97 Å². The molecule has 0 spiro atoms. The molecule has 0 radical (unpaired) electrons. The average molecular weight is 255 g/mol. The fourth-order valence-corrected chi connectivity index (χ4v) is 2.75.